The van der Waals surface area contributed by atoms with Gasteiger partial charge in [0.25, 0.3) is 0 Å². The predicted octanol–water partition coefficient (Wildman–Crippen LogP) is 15.1. The Hall–Kier alpha value is -1.01. The van der Waals surface area contributed by atoms with E-state index in [1.165, 1.54) is 160 Å². The van der Waals surface area contributed by atoms with Crippen molar-refractivity contribution in [2.45, 2.75) is 147 Å². The minimum absolute atomic E-state index is 0.847. The molecule has 9 rings (SSSR count). The molecule has 0 spiro atoms. The average molecular weight is 775 g/mol. The minimum Gasteiger partial charge on any atom is -0.150 e. The van der Waals surface area contributed by atoms with Gasteiger partial charge in [-0.1, -0.05) is 127 Å². The first kappa shape index (κ1) is 36.4. The molecule has 0 heterocycles. The Morgan fingerprint density at radius 3 is 1.14 bits per heavy atom. The number of hydrogen-bond donors (Lipinski definition) is 0. The summed E-state index contributed by atoms with van der Waals surface area (Å²) in [6.07, 6.45) is 30.0. The maximum atomic E-state index is 5.88. The van der Waals surface area contributed by atoms with Crippen LogP contribution in [0.3, 0.4) is 0 Å². The molecule has 0 N–H and O–H groups in total. The standard InChI is InChI=1S/2C20H25.C6H10.2ClH.Zr/c2*1-2-9-16(8-1)20(17-10-3-4-11-17)19-14-13-15-7-5-6-12-18(15)19;1-2-4-6-5-3-1;;;/h2*5-7,12-14,16-17,20H,1-4,8-11H2;1-5H2;2*1H;/q2*-1;;;;+2/p-2. The van der Waals surface area contributed by atoms with Crippen LogP contribution in [0.25, 0.3) is 21.5 Å². The van der Waals surface area contributed by atoms with E-state index in [1.807, 2.05) is 0 Å². The van der Waals surface area contributed by atoms with Gasteiger partial charge in [-0.15, -0.1) is 93.3 Å². The maximum absolute atomic E-state index is 5.88. The van der Waals surface area contributed by atoms with Crippen molar-refractivity contribution < 1.29 is 18.9 Å². The number of benzene rings is 2. The van der Waals surface area contributed by atoms with Crippen LogP contribution in [0.2, 0.25) is 0 Å². The summed E-state index contributed by atoms with van der Waals surface area (Å²) in [5.41, 5.74) is 3.36. The molecular weight excluding hydrogens is 715 g/mol. The molecule has 0 amide bonds. The molecular formula is C46H60Cl2Zr-2. The van der Waals surface area contributed by atoms with E-state index < -0.39 is 18.9 Å². The van der Waals surface area contributed by atoms with E-state index in [1.54, 1.807) is 11.1 Å². The second kappa shape index (κ2) is 18.2. The van der Waals surface area contributed by atoms with Crippen molar-refractivity contribution in [1.29, 1.82) is 0 Å². The van der Waals surface area contributed by atoms with Gasteiger partial charge in [0.1, 0.15) is 0 Å². The van der Waals surface area contributed by atoms with E-state index in [0.717, 1.165) is 35.5 Å². The molecule has 0 radical (unpaired) electrons. The summed E-state index contributed by atoms with van der Waals surface area (Å²) in [5, 5.41) is 5.97. The smallest absolute Gasteiger partial charge is 0.0430 e. The summed E-state index contributed by atoms with van der Waals surface area (Å²) in [6, 6.07) is 27.6. The number of fused-ring (bicyclic) bond motifs is 2. The van der Waals surface area contributed by atoms with E-state index >= 15 is 0 Å². The zero-order valence-electron chi connectivity index (χ0n) is 30.0. The molecule has 5 aliphatic rings. The van der Waals surface area contributed by atoms with E-state index in [0.29, 0.717) is 0 Å². The molecule has 0 unspecified atom stereocenters. The number of hydrogen-bond acceptors (Lipinski definition) is 0. The fourth-order valence-corrected chi connectivity index (χ4v) is 15.2. The molecule has 5 aliphatic carbocycles. The van der Waals surface area contributed by atoms with Crippen molar-refractivity contribution in [3.05, 3.63) is 83.9 Å². The van der Waals surface area contributed by atoms with Crippen LogP contribution in [0, 0.1) is 23.7 Å². The molecule has 0 aromatic heterocycles. The van der Waals surface area contributed by atoms with Crippen LogP contribution in [0.15, 0.2) is 72.8 Å². The molecule has 4 aromatic rings. The summed E-state index contributed by atoms with van der Waals surface area (Å²) in [4.78, 5) is 0. The summed E-state index contributed by atoms with van der Waals surface area (Å²) >= 11 is -1.88. The third kappa shape index (κ3) is 8.97. The minimum atomic E-state index is -1.88. The summed E-state index contributed by atoms with van der Waals surface area (Å²) in [6.45, 7) is 0. The normalized spacial score (nSPS) is 21.2. The van der Waals surface area contributed by atoms with Gasteiger partial charge < -0.3 is 0 Å². The second-order valence-electron chi connectivity index (χ2n) is 16.4. The van der Waals surface area contributed by atoms with Gasteiger partial charge in [-0.2, -0.15) is 0 Å². The molecule has 0 saturated heterocycles. The van der Waals surface area contributed by atoms with Crippen LogP contribution in [-0.4, -0.2) is 3.21 Å². The van der Waals surface area contributed by atoms with Crippen LogP contribution in [0.4, 0.5) is 0 Å². The van der Waals surface area contributed by atoms with E-state index in [9.17, 15) is 0 Å². The van der Waals surface area contributed by atoms with Gasteiger partial charge in [-0.3, -0.25) is 0 Å². The average Bonchev–Trinajstić information content (AvgIpc) is 4.00. The summed E-state index contributed by atoms with van der Waals surface area (Å²) < 4.78 is 1.53. The number of rotatable bonds is 6. The van der Waals surface area contributed by atoms with Crippen molar-refractivity contribution in [2.24, 2.45) is 23.7 Å². The van der Waals surface area contributed by atoms with Crippen LogP contribution in [0.1, 0.15) is 158 Å². The largest absolute Gasteiger partial charge is 0.150 e. The quantitative estimate of drug-likeness (QED) is 0.171. The Morgan fingerprint density at radius 2 is 0.816 bits per heavy atom. The molecule has 264 valence electrons. The topological polar surface area (TPSA) is 0 Å². The molecule has 5 fully saturated rings. The Bertz CT molecular complexity index is 1470. The molecule has 5 saturated carbocycles. The van der Waals surface area contributed by atoms with Gasteiger partial charge in [0, 0.05) is 0 Å². The van der Waals surface area contributed by atoms with E-state index in [4.69, 9.17) is 17.0 Å². The van der Waals surface area contributed by atoms with Crippen molar-refractivity contribution >= 4 is 41.8 Å². The molecule has 0 atom stereocenters. The number of halogens is 2. The van der Waals surface area contributed by atoms with Crippen molar-refractivity contribution in [2.75, 3.05) is 0 Å². The Morgan fingerprint density at radius 1 is 0.469 bits per heavy atom. The van der Waals surface area contributed by atoms with Gasteiger partial charge >= 0.3 is 71.2 Å². The predicted molar refractivity (Wildman–Crippen MR) is 212 cm³/mol. The Kier molecular flexibility index (Phi) is 13.5. The second-order valence-corrected chi connectivity index (χ2v) is 25.0. The van der Waals surface area contributed by atoms with E-state index in [-0.39, 0.29) is 0 Å². The molecule has 49 heavy (non-hydrogen) atoms. The van der Waals surface area contributed by atoms with Crippen LogP contribution < -0.4 is 0 Å². The SMILES string of the molecule is [Cl][Zr]([Cl])=[C]1CCCCC1.c1ccc2c(C(C3CCCC3)C3CCCC3)c[cH-]c2c1.c1ccc2c(C(C3CCCC3)C3CCCC3)c[cH-]c2c1. The summed E-state index contributed by atoms with van der Waals surface area (Å²) in [7, 11) is 11.8. The first-order chi connectivity index (χ1) is 24.2. The first-order valence-corrected chi connectivity index (χ1v) is 28.0. The molecule has 0 nitrogen and oxygen atoms in total. The maximum Gasteiger partial charge on any atom is -0.0430 e. The van der Waals surface area contributed by atoms with Crippen LogP contribution in [0.5, 0.6) is 0 Å². The van der Waals surface area contributed by atoms with Crippen LogP contribution in [-0.2, 0) is 18.9 Å². The monoisotopic (exact) mass is 772 g/mol. The van der Waals surface area contributed by atoms with Crippen molar-refractivity contribution in [3.8, 4) is 0 Å². The third-order valence-corrected chi connectivity index (χ3v) is 19.2. The van der Waals surface area contributed by atoms with Gasteiger partial charge in [0.15, 0.2) is 0 Å². The van der Waals surface area contributed by atoms with Gasteiger partial charge in [-0.25, -0.2) is 0 Å². The van der Waals surface area contributed by atoms with Crippen LogP contribution >= 0.6 is 17.0 Å². The fourth-order valence-electron chi connectivity index (χ4n) is 11.1. The molecule has 3 heteroatoms. The van der Waals surface area contributed by atoms with E-state index in [2.05, 4.69) is 72.8 Å². The van der Waals surface area contributed by atoms with Crippen molar-refractivity contribution in [3.63, 3.8) is 0 Å². The Balaban J connectivity index is 0.000000125. The first-order valence-electron chi connectivity index (χ1n) is 20.5. The van der Waals surface area contributed by atoms with Gasteiger partial charge in [0.2, 0.25) is 0 Å². The molecule has 4 aromatic carbocycles. The Labute approximate surface area is 312 Å². The summed E-state index contributed by atoms with van der Waals surface area (Å²) in [5.74, 6) is 5.54. The van der Waals surface area contributed by atoms with Gasteiger partial charge in [0.05, 0.1) is 0 Å². The third-order valence-electron chi connectivity index (χ3n) is 13.5. The zero-order chi connectivity index (χ0) is 33.4. The van der Waals surface area contributed by atoms with Crippen molar-refractivity contribution in [1.82, 2.24) is 0 Å². The zero-order valence-corrected chi connectivity index (χ0v) is 34.0. The van der Waals surface area contributed by atoms with Gasteiger partial charge in [-0.05, 0) is 23.7 Å². The fraction of sp³-hybridized carbons (Fsp3) is 0.587. The molecule has 0 aliphatic heterocycles. The molecule has 0 bridgehead atoms.